The van der Waals surface area contributed by atoms with Crippen LogP contribution in [0.1, 0.15) is 0 Å². The Morgan fingerprint density at radius 2 is 0.793 bits per heavy atom. The Hall–Kier alpha value is -7.82. The standard InChI is InChI=1S/C54H32N2O2/c1-4-15-47-39(9-1)43-12-7-13-44-45-14-8-16-48(54(45)56(47)53(43)44)55(37-25-19-33(20-26-37)35-24-30-51-46(31-35)41-11-3-6-18-50(41)57-51)38-27-21-34(22-28-38)36-23-29-42-40-10-2-5-17-49(40)58-52(42)32-36/h1-32H. The van der Waals surface area contributed by atoms with E-state index in [0.29, 0.717) is 0 Å². The van der Waals surface area contributed by atoms with Gasteiger partial charge < -0.3 is 18.1 Å². The SMILES string of the molecule is c1ccc2c(c1)oc1cc(-c3ccc(N(c4ccc(-c5ccc6oc7ccccc7c6c5)cc4)c4cccc5c6cccc7c8ccccc8n(c45)c76)cc3)ccc12. The van der Waals surface area contributed by atoms with Gasteiger partial charge in [0.1, 0.15) is 22.3 Å². The fourth-order valence-corrected chi connectivity index (χ4v) is 9.48. The molecule has 270 valence electrons. The third kappa shape index (κ3) is 4.45. The van der Waals surface area contributed by atoms with Gasteiger partial charge in [-0.15, -0.1) is 0 Å². The molecule has 0 radical (unpaired) electrons. The minimum absolute atomic E-state index is 0.897. The van der Waals surface area contributed by atoms with E-state index < -0.39 is 0 Å². The molecule has 4 aromatic heterocycles. The second-order valence-electron chi connectivity index (χ2n) is 15.3. The van der Waals surface area contributed by atoms with Gasteiger partial charge in [-0.3, -0.25) is 0 Å². The monoisotopic (exact) mass is 740 g/mol. The lowest BCUT2D eigenvalue weighted by Gasteiger charge is -2.27. The maximum atomic E-state index is 6.27. The van der Waals surface area contributed by atoms with E-state index in [1.54, 1.807) is 0 Å². The Labute approximate surface area is 332 Å². The molecule has 0 aliphatic rings. The minimum Gasteiger partial charge on any atom is -0.456 e. The summed E-state index contributed by atoms with van der Waals surface area (Å²) in [6.07, 6.45) is 0. The van der Waals surface area contributed by atoms with Crippen molar-refractivity contribution in [1.82, 2.24) is 4.40 Å². The number of para-hydroxylation sites is 5. The van der Waals surface area contributed by atoms with Gasteiger partial charge in [0.25, 0.3) is 0 Å². The van der Waals surface area contributed by atoms with Crippen LogP contribution in [0.4, 0.5) is 17.1 Å². The first-order valence-electron chi connectivity index (χ1n) is 19.7. The van der Waals surface area contributed by atoms with E-state index in [4.69, 9.17) is 8.83 Å². The van der Waals surface area contributed by atoms with Gasteiger partial charge >= 0.3 is 0 Å². The summed E-state index contributed by atoms with van der Waals surface area (Å²) in [6.45, 7) is 0. The molecule has 4 heteroatoms. The van der Waals surface area contributed by atoms with Gasteiger partial charge in [-0.05, 0) is 95.1 Å². The maximum Gasteiger partial charge on any atom is 0.136 e. The number of hydrogen-bond acceptors (Lipinski definition) is 3. The molecule has 9 aromatic carbocycles. The molecule has 0 saturated carbocycles. The Bertz CT molecular complexity index is 3740. The zero-order chi connectivity index (χ0) is 37.9. The quantitative estimate of drug-likeness (QED) is 0.176. The van der Waals surface area contributed by atoms with Crippen molar-refractivity contribution in [3.8, 4) is 22.3 Å². The lowest BCUT2D eigenvalue weighted by Crippen LogP contribution is -2.11. The zero-order valence-corrected chi connectivity index (χ0v) is 31.2. The first-order valence-corrected chi connectivity index (χ1v) is 19.7. The summed E-state index contributed by atoms with van der Waals surface area (Å²) in [7, 11) is 0. The number of hydrogen-bond donors (Lipinski definition) is 0. The van der Waals surface area contributed by atoms with Crippen LogP contribution in [-0.2, 0) is 0 Å². The highest BCUT2D eigenvalue weighted by molar-refractivity contribution is 6.25. The van der Waals surface area contributed by atoms with Crippen LogP contribution in [0.3, 0.4) is 0 Å². The molecule has 4 heterocycles. The van der Waals surface area contributed by atoms with E-state index in [-0.39, 0.29) is 0 Å². The summed E-state index contributed by atoms with van der Waals surface area (Å²) < 4.78 is 14.9. The number of aromatic nitrogens is 1. The second kappa shape index (κ2) is 11.8. The van der Waals surface area contributed by atoms with Crippen molar-refractivity contribution in [3.63, 3.8) is 0 Å². The fourth-order valence-electron chi connectivity index (χ4n) is 9.48. The van der Waals surface area contributed by atoms with Gasteiger partial charge in [0.15, 0.2) is 0 Å². The summed E-state index contributed by atoms with van der Waals surface area (Å²) in [6, 6.07) is 69.7. The van der Waals surface area contributed by atoms with Gasteiger partial charge in [-0.2, -0.15) is 0 Å². The summed E-state index contributed by atoms with van der Waals surface area (Å²) in [4.78, 5) is 2.41. The molecule has 0 aliphatic carbocycles. The van der Waals surface area contributed by atoms with E-state index in [9.17, 15) is 0 Å². The number of furan rings is 2. The number of benzene rings is 9. The van der Waals surface area contributed by atoms with E-state index in [0.717, 1.165) is 83.2 Å². The molecule has 0 atom stereocenters. The van der Waals surface area contributed by atoms with Gasteiger partial charge in [0, 0.05) is 54.5 Å². The molecule has 0 N–H and O–H groups in total. The van der Waals surface area contributed by atoms with Crippen LogP contribution in [-0.4, -0.2) is 4.40 Å². The first kappa shape index (κ1) is 31.4. The Kier molecular flexibility index (Phi) is 6.41. The number of fused-ring (bicyclic) bond motifs is 12. The Balaban J connectivity index is 0.986. The first-order chi connectivity index (χ1) is 28.7. The third-order valence-corrected chi connectivity index (χ3v) is 12.1. The average Bonchev–Trinajstić information content (AvgIpc) is 4.04. The maximum absolute atomic E-state index is 6.27. The van der Waals surface area contributed by atoms with Gasteiger partial charge in [0.2, 0.25) is 0 Å². The average molecular weight is 741 g/mol. The summed E-state index contributed by atoms with van der Waals surface area (Å²) in [5, 5.41) is 9.58. The molecule has 58 heavy (non-hydrogen) atoms. The topological polar surface area (TPSA) is 33.9 Å². The van der Waals surface area contributed by atoms with Crippen molar-refractivity contribution in [2.45, 2.75) is 0 Å². The Morgan fingerprint density at radius 1 is 0.310 bits per heavy atom. The smallest absolute Gasteiger partial charge is 0.136 e. The molecule has 0 fully saturated rings. The molecule has 0 saturated heterocycles. The molecular weight excluding hydrogens is 709 g/mol. The van der Waals surface area contributed by atoms with Crippen molar-refractivity contribution in [2.75, 3.05) is 4.90 Å². The van der Waals surface area contributed by atoms with E-state index in [2.05, 4.69) is 179 Å². The van der Waals surface area contributed by atoms with Crippen LogP contribution in [0.25, 0.3) is 104 Å². The zero-order valence-electron chi connectivity index (χ0n) is 31.2. The van der Waals surface area contributed by atoms with Crippen molar-refractivity contribution in [3.05, 3.63) is 194 Å². The summed E-state index contributed by atoms with van der Waals surface area (Å²) in [5.74, 6) is 0. The summed E-state index contributed by atoms with van der Waals surface area (Å²) in [5.41, 5.74) is 15.1. The van der Waals surface area contributed by atoms with Gasteiger partial charge in [-0.1, -0.05) is 121 Å². The highest BCUT2D eigenvalue weighted by Crippen LogP contribution is 2.46. The molecule has 4 nitrogen and oxygen atoms in total. The van der Waals surface area contributed by atoms with Gasteiger partial charge in [0.05, 0.1) is 22.2 Å². The molecule has 0 bridgehead atoms. The van der Waals surface area contributed by atoms with Crippen molar-refractivity contribution in [2.24, 2.45) is 0 Å². The molecule has 0 unspecified atom stereocenters. The highest BCUT2D eigenvalue weighted by Gasteiger charge is 2.23. The molecule has 0 amide bonds. The molecule has 0 spiro atoms. The third-order valence-electron chi connectivity index (χ3n) is 12.1. The predicted octanol–water partition coefficient (Wildman–Crippen LogP) is 15.4. The van der Waals surface area contributed by atoms with Crippen molar-refractivity contribution >= 4 is 99.0 Å². The largest absolute Gasteiger partial charge is 0.456 e. The van der Waals surface area contributed by atoms with E-state index in [1.807, 2.05) is 24.3 Å². The lowest BCUT2D eigenvalue weighted by molar-refractivity contribution is 0.668. The molecule has 13 rings (SSSR count). The minimum atomic E-state index is 0.897. The van der Waals surface area contributed by atoms with Crippen LogP contribution >= 0.6 is 0 Å². The van der Waals surface area contributed by atoms with E-state index >= 15 is 0 Å². The lowest BCUT2D eigenvalue weighted by atomic mass is 10.0. The fraction of sp³-hybridized carbons (Fsp3) is 0. The van der Waals surface area contributed by atoms with Gasteiger partial charge in [-0.25, -0.2) is 0 Å². The predicted molar refractivity (Wildman–Crippen MR) is 241 cm³/mol. The second-order valence-corrected chi connectivity index (χ2v) is 15.3. The molecular formula is C54H32N2O2. The number of anilines is 3. The van der Waals surface area contributed by atoms with Crippen LogP contribution in [0, 0.1) is 0 Å². The molecule has 0 aliphatic heterocycles. The Morgan fingerprint density at radius 3 is 1.52 bits per heavy atom. The number of rotatable bonds is 5. The van der Waals surface area contributed by atoms with Crippen LogP contribution in [0.15, 0.2) is 203 Å². The van der Waals surface area contributed by atoms with Crippen molar-refractivity contribution in [1.29, 1.82) is 0 Å². The van der Waals surface area contributed by atoms with Crippen LogP contribution < -0.4 is 4.90 Å². The van der Waals surface area contributed by atoms with Crippen LogP contribution in [0.2, 0.25) is 0 Å². The summed E-state index contributed by atoms with van der Waals surface area (Å²) >= 11 is 0. The number of nitrogens with zero attached hydrogens (tertiary/aromatic N) is 2. The molecule has 13 aromatic rings. The highest BCUT2D eigenvalue weighted by atomic mass is 16.3. The van der Waals surface area contributed by atoms with E-state index in [1.165, 1.54) is 38.1 Å². The van der Waals surface area contributed by atoms with Crippen LogP contribution in [0.5, 0.6) is 0 Å². The normalized spacial score (nSPS) is 12.1. The van der Waals surface area contributed by atoms with Crippen molar-refractivity contribution < 1.29 is 8.83 Å².